The molecule has 0 spiro atoms. The average Bonchev–Trinajstić information content (AvgIpc) is 0.904. The quantitative estimate of drug-likeness (QED) is 0.0146. The molecule has 0 aromatic rings. The predicted molar refractivity (Wildman–Crippen MR) is 463 cm³/mol. The minimum absolute atomic E-state index is 0.103. The molecule has 5 atom stereocenters. The minimum atomic E-state index is -4.94. The highest BCUT2D eigenvalue weighted by atomic mass is 31.2. The molecule has 0 saturated carbocycles. The number of rotatable bonds is 84. The highest BCUT2D eigenvalue weighted by Crippen LogP contribution is 2.45. The highest BCUT2D eigenvalue weighted by molar-refractivity contribution is 7.47. The number of carbonyl (C=O) groups excluding carboxylic acids is 3. The summed E-state index contributed by atoms with van der Waals surface area (Å²) in [6.45, 7) is 2.49. The van der Waals surface area contributed by atoms with Crippen LogP contribution in [0.5, 0.6) is 0 Å². The van der Waals surface area contributed by atoms with Crippen molar-refractivity contribution in [2.45, 2.75) is 399 Å². The second-order valence-corrected chi connectivity index (χ2v) is 32.6. The van der Waals surface area contributed by atoms with Gasteiger partial charge in [0.05, 0.1) is 26.4 Å². The lowest BCUT2D eigenvalue weighted by Gasteiger charge is -2.21. The normalized spacial score (nSPS) is 14.5. The lowest BCUT2D eigenvalue weighted by Crippen LogP contribution is -2.30. The smallest absolute Gasteiger partial charge is 0.463 e. The third kappa shape index (κ3) is 86.4. The van der Waals surface area contributed by atoms with Gasteiger partial charge in [-0.25, -0.2) is 9.13 Å². The second kappa shape index (κ2) is 85.1. The molecule has 0 aliphatic heterocycles. The number of aliphatic hydroxyl groups is 2. The van der Waals surface area contributed by atoms with E-state index in [-0.39, 0.29) is 19.3 Å². The molecule has 16 nitrogen and oxygen atoms in total. The third-order valence-corrected chi connectivity index (χ3v) is 20.8. The van der Waals surface area contributed by atoms with E-state index in [0.717, 1.165) is 154 Å². The Balaban J connectivity index is 4.43. The Morgan fingerprint density at radius 1 is 0.261 bits per heavy atom. The molecule has 0 aromatic carbocycles. The Hall–Kier alpha value is -4.31. The topological polar surface area (TPSA) is 231 Å². The van der Waals surface area contributed by atoms with Crippen LogP contribution >= 0.6 is 15.6 Å². The fraction of sp³-hybridized carbons (Fsp3) is 0.731. The van der Waals surface area contributed by atoms with Crippen molar-refractivity contribution in [3.8, 4) is 0 Å². The zero-order chi connectivity index (χ0) is 80.8. The Morgan fingerprint density at radius 2 is 0.477 bits per heavy atom. The van der Waals surface area contributed by atoms with Gasteiger partial charge in [-0.1, -0.05) is 379 Å². The first-order valence-electron chi connectivity index (χ1n) is 44.5. The number of phosphoric ester groups is 2. The maximum absolute atomic E-state index is 13.0. The van der Waals surface area contributed by atoms with E-state index >= 15 is 0 Å². The van der Waals surface area contributed by atoms with Crippen molar-refractivity contribution >= 4 is 33.6 Å². The van der Waals surface area contributed by atoms with Crippen LogP contribution in [-0.4, -0.2) is 95.9 Å². The molecule has 640 valence electrons. The molecule has 18 heteroatoms. The maximum Gasteiger partial charge on any atom is 0.472 e. The molecule has 4 N–H and O–H groups in total. The summed E-state index contributed by atoms with van der Waals surface area (Å²) in [4.78, 5) is 58.8. The van der Waals surface area contributed by atoms with Gasteiger partial charge in [-0.05, 0) is 116 Å². The van der Waals surface area contributed by atoms with Crippen molar-refractivity contribution < 1.29 is 75.8 Å². The van der Waals surface area contributed by atoms with Crippen molar-refractivity contribution in [3.63, 3.8) is 0 Å². The van der Waals surface area contributed by atoms with E-state index in [2.05, 4.69) is 154 Å². The Morgan fingerprint density at radius 3 is 0.757 bits per heavy atom. The van der Waals surface area contributed by atoms with Crippen molar-refractivity contribution in [2.75, 3.05) is 39.6 Å². The van der Waals surface area contributed by atoms with E-state index in [1.807, 2.05) is 0 Å². The summed E-state index contributed by atoms with van der Waals surface area (Å²) in [5.74, 6) is -1.57. The Kier molecular flexibility index (Phi) is 81.8. The number of hydrogen-bond donors (Lipinski definition) is 4. The van der Waals surface area contributed by atoms with Crippen molar-refractivity contribution in [1.29, 1.82) is 0 Å². The second-order valence-electron chi connectivity index (χ2n) is 29.6. The van der Waals surface area contributed by atoms with Gasteiger partial charge in [-0.2, -0.15) is 0 Å². The molecule has 0 radical (unpaired) electrons. The van der Waals surface area contributed by atoms with Crippen LogP contribution in [-0.2, 0) is 55.8 Å². The number of phosphoric acid groups is 2. The van der Waals surface area contributed by atoms with Crippen LogP contribution in [0.25, 0.3) is 0 Å². The molecule has 0 bridgehead atoms. The maximum atomic E-state index is 13.0. The fourth-order valence-electron chi connectivity index (χ4n) is 12.2. The average molecular weight is 1600 g/mol. The minimum Gasteiger partial charge on any atom is -0.463 e. The van der Waals surface area contributed by atoms with Crippen LogP contribution < -0.4 is 0 Å². The van der Waals surface area contributed by atoms with Gasteiger partial charge < -0.3 is 34.2 Å². The van der Waals surface area contributed by atoms with Crippen LogP contribution in [0.1, 0.15) is 380 Å². The van der Waals surface area contributed by atoms with Crippen LogP contribution in [0.2, 0.25) is 0 Å². The van der Waals surface area contributed by atoms with E-state index < -0.39 is 91.5 Å². The number of unbranched alkanes of at least 4 members (excludes halogenated alkanes) is 39. The lowest BCUT2D eigenvalue weighted by molar-refractivity contribution is -0.161. The van der Waals surface area contributed by atoms with Crippen LogP contribution in [0.15, 0.2) is 134 Å². The van der Waals surface area contributed by atoms with Gasteiger partial charge in [-0.15, -0.1) is 0 Å². The zero-order valence-corrected chi connectivity index (χ0v) is 72.1. The third-order valence-electron chi connectivity index (χ3n) is 18.9. The van der Waals surface area contributed by atoms with Crippen molar-refractivity contribution in [3.05, 3.63) is 134 Å². The number of carbonyl (C=O) groups is 3. The molecule has 5 unspecified atom stereocenters. The van der Waals surface area contributed by atoms with E-state index in [0.29, 0.717) is 19.3 Å². The van der Waals surface area contributed by atoms with Gasteiger partial charge in [0, 0.05) is 19.3 Å². The van der Waals surface area contributed by atoms with Gasteiger partial charge in [-0.3, -0.25) is 32.5 Å². The largest absolute Gasteiger partial charge is 0.472 e. The Labute approximate surface area is 677 Å². The monoisotopic (exact) mass is 1600 g/mol. The molecule has 0 fully saturated rings. The number of aliphatic hydroxyl groups excluding tert-OH is 2. The molecule has 0 aromatic heterocycles. The molecule has 111 heavy (non-hydrogen) atoms. The van der Waals surface area contributed by atoms with Gasteiger partial charge in [0.15, 0.2) is 6.10 Å². The number of esters is 3. The summed E-state index contributed by atoms with van der Waals surface area (Å²) >= 11 is 0. The summed E-state index contributed by atoms with van der Waals surface area (Å²) in [7, 11) is -9.80. The first-order chi connectivity index (χ1) is 54.2. The summed E-state index contributed by atoms with van der Waals surface area (Å²) in [6.07, 6.45) is 105. The summed E-state index contributed by atoms with van der Waals surface area (Å²) in [5, 5.41) is 20.7. The summed E-state index contributed by atoms with van der Waals surface area (Å²) < 4.78 is 61.3. The number of allylic oxidation sites excluding steroid dienone is 22. The first-order valence-corrected chi connectivity index (χ1v) is 47.5. The predicted octanol–water partition coefficient (Wildman–Crippen LogP) is 27.0. The molecule has 0 rings (SSSR count). The van der Waals surface area contributed by atoms with Crippen LogP contribution in [0.4, 0.5) is 0 Å². The van der Waals surface area contributed by atoms with Gasteiger partial charge >= 0.3 is 33.6 Å². The van der Waals surface area contributed by atoms with Crippen LogP contribution in [0.3, 0.4) is 0 Å². The lowest BCUT2D eigenvalue weighted by atomic mass is 10.0. The number of hydrogen-bond acceptors (Lipinski definition) is 14. The van der Waals surface area contributed by atoms with E-state index in [4.69, 9.17) is 32.3 Å². The van der Waals surface area contributed by atoms with Gasteiger partial charge in [0.25, 0.3) is 0 Å². The standard InChI is InChI=1S/C93H162O16P2/c1-4-7-10-13-16-19-22-25-28-30-32-34-36-38-39-40-41-42-43-44-45-46-47-49-51-52-54-56-59-61-64-67-70-73-76-79-91(96)103-82-88(94)83-105-110(99,100)106-84-89(95)85-107-111(101,102)108-87-90(109-93(98)81-78-75-72-69-66-63-58-27-24-21-18-15-12-9-6-3)86-104-92(97)80-77-74-71-68-65-62-60-57-55-53-50-48-37-35-33-31-29-26-23-20-17-14-11-8-5-2/h7-8,10-11,16-17,19-20,25-26,28-29,32-35,38-39,48,50,55,57,88-90,94-95H,4-6,9,12-15,18,21-24,27,30-31,36-37,40-47,49,51-54,56,58-87H2,1-3H3,(H,99,100)(H,101,102)/b10-7-,11-8-,19-16-,20-17-,28-25-,29-26-,34-32-,35-33-,39-38-,50-48-,57-55-. The summed E-state index contributed by atoms with van der Waals surface area (Å²) in [6, 6.07) is 0. The first kappa shape index (κ1) is 107. The molecule has 0 heterocycles. The molecular formula is C93H162O16P2. The van der Waals surface area contributed by atoms with E-state index in [9.17, 15) is 43.5 Å². The summed E-state index contributed by atoms with van der Waals surface area (Å²) in [5.41, 5.74) is 0. The van der Waals surface area contributed by atoms with Crippen LogP contribution in [0, 0.1) is 0 Å². The number of ether oxygens (including phenoxy) is 3. The van der Waals surface area contributed by atoms with Crippen molar-refractivity contribution in [2.24, 2.45) is 0 Å². The SMILES string of the molecule is CC/C=C\C/C=C\C/C=C\C/C=C\C/C=C\C/C=C\CCCCCCCCC(=O)OCC(COP(=O)(O)OCC(O)COP(=O)(O)OCC(O)COC(=O)CCCCCCCCCCCCCCCCCCCCC/C=C\C/C=C\C/C=C\C/C=C\C/C=C\CC)OC(=O)CCCCCCCCCCCCCCCCC. The molecule has 0 aliphatic rings. The van der Waals surface area contributed by atoms with E-state index in [1.165, 1.54) is 167 Å². The zero-order valence-electron chi connectivity index (χ0n) is 70.4. The molecule has 0 saturated heterocycles. The molecule has 0 amide bonds. The highest BCUT2D eigenvalue weighted by Gasteiger charge is 2.29. The molecule has 0 aliphatic carbocycles. The Bertz CT molecular complexity index is 2550. The van der Waals surface area contributed by atoms with Crippen molar-refractivity contribution in [1.82, 2.24) is 0 Å². The molecular weight excluding hydrogens is 1430 g/mol. The van der Waals surface area contributed by atoms with Gasteiger partial charge in [0.1, 0.15) is 25.4 Å². The van der Waals surface area contributed by atoms with Gasteiger partial charge in [0.2, 0.25) is 0 Å². The fourth-order valence-corrected chi connectivity index (χ4v) is 13.8. The van der Waals surface area contributed by atoms with E-state index in [1.54, 1.807) is 0 Å².